The maximum absolute atomic E-state index is 12.6. The van der Waals surface area contributed by atoms with Crippen LogP contribution in [0.1, 0.15) is 29.6 Å². The molecule has 26 heavy (non-hydrogen) atoms. The highest BCUT2D eigenvalue weighted by molar-refractivity contribution is 5.95. The predicted molar refractivity (Wildman–Crippen MR) is 94.6 cm³/mol. The highest BCUT2D eigenvalue weighted by atomic mass is 16.5. The molecule has 1 amide bonds. The average molecular weight is 352 g/mol. The number of carboxylic acid groups (broad SMARTS) is 1. The van der Waals surface area contributed by atoms with E-state index in [1.807, 2.05) is 30.3 Å². The number of aromatic nitrogens is 1. The number of pyridine rings is 1. The van der Waals surface area contributed by atoms with Gasteiger partial charge in [0.25, 0.3) is 5.91 Å². The molecular weight excluding hydrogens is 332 g/mol. The fraction of sp³-hybridized carbons (Fsp3) is 0.350. The van der Waals surface area contributed by atoms with Crippen LogP contribution in [0.25, 0.3) is 11.3 Å². The first-order valence-corrected chi connectivity index (χ1v) is 8.69. The number of hydrogen-bond acceptors (Lipinski definition) is 4. The zero-order chi connectivity index (χ0) is 18.2. The summed E-state index contributed by atoms with van der Waals surface area (Å²) in [7, 11) is 0. The third-order valence-corrected chi connectivity index (χ3v) is 5.49. The molecule has 2 bridgehead atoms. The molecule has 2 aliphatic rings. The number of carbonyl (C=O) groups is 2. The van der Waals surface area contributed by atoms with E-state index in [1.165, 1.54) is 0 Å². The third-order valence-electron chi connectivity index (χ3n) is 5.49. The lowest BCUT2D eigenvalue weighted by Gasteiger charge is -2.27. The van der Waals surface area contributed by atoms with Crippen molar-refractivity contribution in [2.45, 2.75) is 24.9 Å². The minimum absolute atomic E-state index is 0.206. The second kappa shape index (κ2) is 6.21. The number of carboxylic acids is 1. The first-order chi connectivity index (χ1) is 12.5. The molecule has 6 heteroatoms. The van der Waals surface area contributed by atoms with Crippen molar-refractivity contribution < 1.29 is 19.4 Å². The van der Waals surface area contributed by atoms with Gasteiger partial charge in [0, 0.05) is 23.9 Å². The fourth-order valence-electron chi connectivity index (χ4n) is 3.93. The normalized spacial score (nSPS) is 26.6. The van der Waals surface area contributed by atoms with Gasteiger partial charge in [-0.15, -0.1) is 0 Å². The first-order valence-electron chi connectivity index (χ1n) is 8.69. The number of nitrogens with zero attached hydrogens (tertiary/aromatic N) is 1. The Labute approximate surface area is 151 Å². The standard InChI is InChI=1S/C20H20N2O4/c23-17(15-6-9-21-16(10-15)14-4-2-1-3-5-14)22-12-20-8-7-19(11-20,13-26-20)18(24)25/h1-6,9-10H,7-8,11-13H2,(H,22,23)(H,24,25). The van der Waals surface area contributed by atoms with E-state index in [1.54, 1.807) is 18.3 Å². The zero-order valence-electron chi connectivity index (χ0n) is 14.3. The van der Waals surface area contributed by atoms with Gasteiger partial charge in [0.1, 0.15) is 0 Å². The Morgan fingerprint density at radius 1 is 1.19 bits per heavy atom. The van der Waals surface area contributed by atoms with Crippen LogP contribution >= 0.6 is 0 Å². The molecule has 134 valence electrons. The highest BCUT2D eigenvalue weighted by Gasteiger charge is 2.59. The summed E-state index contributed by atoms with van der Waals surface area (Å²) in [5.74, 6) is -1.01. The van der Waals surface area contributed by atoms with Crippen LogP contribution in [0, 0.1) is 5.41 Å². The summed E-state index contributed by atoms with van der Waals surface area (Å²) in [5, 5.41) is 12.3. The van der Waals surface area contributed by atoms with E-state index >= 15 is 0 Å². The van der Waals surface area contributed by atoms with E-state index in [9.17, 15) is 14.7 Å². The Morgan fingerprint density at radius 3 is 2.65 bits per heavy atom. The molecule has 2 heterocycles. The minimum Gasteiger partial charge on any atom is -0.481 e. The molecule has 2 atom stereocenters. The van der Waals surface area contributed by atoms with E-state index in [4.69, 9.17) is 4.74 Å². The van der Waals surface area contributed by atoms with Crippen molar-refractivity contribution in [3.63, 3.8) is 0 Å². The third kappa shape index (κ3) is 2.86. The van der Waals surface area contributed by atoms with Gasteiger partial charge in [0.05, 0.1) is 23.3 Å². The summed E-state index contributed by atoms with van der Waals surface area (Å²) in [5.41, 5.74) is 0.877. The number of benzene rings is 1. The number of nitrogens with one attached hydrogen (secondary N) is 1. The van der Waals surface area contributed by atoms with Crippen LogP contribution in [0.15, 0.2) is 48.7 Å². The summed E-state index contributed by atoms with van der Waals surface area (Å²) >= 11 is 0. The molecule has 0 radical (unpaired) electrons. The maximum atomic E-state index is 12.6. The van der Waals surface area contributed by atoms with E-state index < -0.39 is 17.0 Å². The number of fused-ring (bicyclic) bond motifs is 2. The molecule has 2 aromatic rings. The number of carbonyl (C=O) groups excluding carboxylic acids is 1. The molecule has 1 saturated heterocycles. The van der Waals surface area contributed by atoms with Crippen LogP contribution in [0.2, 0.25) is 0 Å². The van der Waals surface area contributed by atoms with Gasteiger partial charge in [0.15, 0.2) is 0 Å². The topological polar surface area (TPSA) is 88.5 Å². The van der Waals surface area contributed by atoms with Crippen LogP contribution in [-0.2, 0) is 9.53 Å². The van der Waals surface area contributed by atoms with Gasteiger partial charge in [-0.05, 0) is 31.4 Å². The molecule has 1 aliphatic carbocycles. The Balaban J connectivity index is 1.44. The van der Waals surface area contributed by atoms with E-state index in [0.717, 1.165) is 11.3 Å². The van der Waals surface area contributed by atoms with Crippen molar-refractivity contribution >= 4 is 11.9 Å². The maximum Gasteiger partial charge on any atom is 0.312 e. The molecular formula is C20H20N2O4. The smallest absolute Gasteiger partial charge is 0.312 e. The molecule has 4 rings (SSSR count). The number of hydrogen-bond donors (Lipinski definition) is 2. The second-order valence-corrected chi connectivity index (χ2v) is 7.21. The number of aliphatic carboxylic acids is 1. The number of rotatable bonds is 5. The van der Waals surface area contributed by atoms with Crippen LogP contribution in [0.3, 0.4) is 0 Å². The van der Waals surface area contributed by atoms with Gasteiger partial charge < -0.3 is 15.2 Å². The fourth-order valence-corrected chi connectivity index (χ4v) is 3.93. The van der Waals surface area contributed by atoms with Crippen LogP contribution in [0.5, 0.6) is 0 Å². The van der Waals surface area contributed by atoms with E-state index in [0.29, 0.717) is 31.4 Å². The number of ether oxygens (including phenoxy) is 1. The summed E-state index contributed by atoms with van der Waals surface area (Å²) in [6.45, 7) is 0.551. The lowest BCUT2D eigenvalue weighted by Crippen LogP contribution is -2.41. The van der Waals surface area contributed by atoms with E-state index in [2.05, 4.69) is 10.3 Å². The molecule has 6 nitrogen and oxygen atoms in total. The zero-order valence-corrected chi connectivity index (χ0v) is 14.3. The quantitative estimate of drug-likeness (QED) is 0.863. The summed E-state index contributed by atoms with van der Waals surface area (Å²) in [4.78, 5) is 28.4. The van der Waals surface area contributed by atoms with Gasteiger partial charge >= 0.3 is 5.97 Å². The van der Waals surface area contributed by atoms with E-state index in [-0.39, 0.29) is 12.5 Å². The van der Waals surface area contributed by atoms with Crippen LogP contribution < -0.4 is 5.32 Å². The summed E-state index contributed by atoms with van der Waals surface area (Å²) in [6.07, 6.45) is 3.34. The number of amides is 1. The van der Waals surface area contributed by atoms with Crippen LogP contribution in [-0.4, -0.2) is 40.7 Å². The van der Waals surface area contributed by atoms with Gasteiger partial charge in [-0.3, -0.25) is 14.6 Å². The molecule has 1 aromatic carbocycles. The Hall–Kier alpha value is -2.73. The predicted octanol–water partition coefficient (Wildman–Crippen LogP) is 2.50. The second-order valence-electron chi connectivity index (χ2n) is 7.21. The molecule has 0 spiro atoms. The Kier molecular flexibility index (Phi) is 4.00. The molecule has 2 unspecified atom stereocenters. The summed E-state index contributed by atoms with van der Waals surface area (Å²) < 4.78 is 5.78. The van der Waals surface area contributed by atoms with Gasteiger partial charge in [-0.1, -0.05) is 30.3 Å². The lowest BCUT2D eigenvalue weighted by atomic mass is 9.88. The van der Waals surface area contributed by atoms with Gasteiger partial charge in [-0.25, -0.2) is 0 Å². The summed E-state index contributed by atoms with van der Waals surface area (Å²) in [6, 6.07) is 13.1. The molecule has 2 fully saturated rings. The minimum atomic E-state index is -0.801. The molecule has 1 saturated carbocycles. The Morgan fingerprint density at radius 2 is 2.00 bits per heavy atom. The van der Waals surface area contributed by atoms with Gasteiger partial charge in [0.2, 0.25) is 0 Å². The van der Waals surface area contributed by atoms with Crippen molar-refractivity contribution in [2.75, 3.05) is 13.2 Å². The van der Waals surface area contributed by atoms with Crippen molar-refractivity contribution in [1.82, 2.24) is 10.3 Å². The first kappa shape index (κ1) is 16.7. The van der Waals surface area contributed by atoms with Crippen molar-refractivity contribution in [1.29, 1.82) is 0 Å². The Bertz CT molecular complexity index is 842. The van der Waals surface area contributed by atoms with Crippen LogP contribution in [0.4, 0.5) is 0 Å². The van der Waals surface area contributed by atoms with Gasteiger partial charge in [-0.2, -0.15) is 0 Å². The van der Waals surface area contributed by atoms with Crippen molar-refractivity contribution in [3.05, 3.63) is 54.2 Å². The highest BCUT2D eigenvalue weighted by Crippen LogP contribution is 2.52. The lowest BCUT2D eigenvalue weighted by molar-refractivity contribution is -0.150. The molecule has 2 N–H and O–H groups in total. The van der Waals surface area contributed by atoms with Crippen molar-refractivity contribution in [3.8, 4) is 11.3 Å². The molecule has 1 aliphatic heterocycles. The molecule has 1 aromatic heterocycles. The van der Waals surface area contributed by atoms with Crippen molar-refractivity contribution in [2.24, 2.45) is 5.41 Å². The SMILES string of the molecule is O=C(NCC12CCC(C(=O)O)(CO1)C2)c1ccnc(-c2ccccc2)c1. The monoisotopic (exact) mass is 352 g/mol. The largest absolute Gasteiger partial charge is 0.481 e. The average Bonchev–Trinajstić information content (AvgIpc) is 3.25.